The van der Waals surface area contributed by atoms with Crippen molar-refractivity contribution in [3.05, 3.63) is 27.2 Å². The first-order valence-electron chi connectivity index (χ1n) is 5.84. The average molecular weight is 308 g/mol. The van der Waals surface area contributed by atoms with E-state index in [1.165, 1.54) is 10.9 Å². The first kappa shape index (κ1) is 16.4. The number of aliphatic hydroxyl groups is 3. The number of aliphatic hydroxyl groups excluding tert-OH is 3. The maximum Gasteiger partial charge on any atom is 1.00 e. The van der Waals surface area contributed by atoms with Gasteiger partial charge in [-0.3, -0.25) is 19.3 Å². The molecular weight excluding hydrogens is 295 g/mol. The van der Waals surface area contributed by atoms with Crippen molar-refractivity contribution >= 4 is 11.2 Å². The molecular formula is C10H13N4NaO6. The van der Waals surface area contributed by atoms with Gasteiger partial charge in [0.25, 0.3) is 5.56 Å². The zero-order valence-corrected chi connectivity index (χ0v) is 13.1. The molecule has 0 bridgehead atoms. The largest absolute Gasteiger partial charge is 1.00 e. The number of aromatic nitrogens is 4. The number of aromatic amines is 2. The molecule has 1 fully saturated rings. The average Bonchev–Trinajstić information content (AvgIpc) is 2.93. The Kier molecular flexibility index (Phi) is 4.68. The number of hydrogen-bond acceptors (Lipinski definition) is 7. The maximum absolute atomic E-state index is 11.6. The molecule has 0 aliphatic carbocycles. The zero-order valence-electron chi connectivity index (χ0n) is 12.1. The van der Waals surface area contributed by atoms with E-state index in [9.17, 15) is 19.8 Å². The van der Waals surface area contributed by atoms with Gasteiger partial charge in [0, 0.05) is 0 Å². The molecule has 3 heterocycles. The van der Waals surface area contributed by atoms with Crippen molar-refractivity contribution in [2.24, 2.45) is 0 Å². The van der Waals surface area contributed by atoms with E-state index < -0.39 is 42.4 Å². The van der Waals surface area contributed by atoms with Crippen LogP contribution >= 0.6 is 0 Å². The van der Waals surface area contributed by atoms with Crippen LogP contribution in [0.4, 0.5) is 0 Å². The van der Waals surface area contributed by atoms with Crippen molar-refractivity contribution in [3.63, 3.8) is 0 Å². The van der Waals surface area contributed by atoms with Crippen molar-refractivity contribution in [3.8, 4) is 0 Å². The molecule has 0 unspecified atom stereocenters. The van der Waals surface area contributed by atoms with Crippen LogP contribution in [0, 0.1) is 0 Å². The molecule has 1 aliphatic rings. The Labute approximate surface area is 140 Å². The van der Waals surface area contributed by atoms with Crippen molar-refractivity contribution in [2.45, 2.75) is 24.5 Å². The number of imidazole rings is 1. The summed E-state index contributed by atoms with van der Waals surface area (Å²) in [7, 11) is 0. The predicted molar refractivity (Wildman–Crippen MR) is 65.1 cm³/mol. The molecule has 4 atom stereocenters. The van der Waals surface area contributed by atoms with Gasteiger partial charge in [-0.2, -0.15) is 0 Å². The summed E-state index contributed by atoms with van der Waals surface area (Å²) in [4.78, 5) is 31.1. The second-order valence-electron chi connectivity index (χ2n) is 4.49. The molecule has 21 heavy (non-hydrogen) atoms. The van der Waals surface area contributed by atoms with Gasteiger partial charge in [0.05, 0.1) is 12.9 Å². The summed E-state index contributed by atoms with van der Waals surface area (Å²) in [6, 6.07) is 0. The van der Waals surface area contributed by atoms with Gasteiger partial charge in [0.1, 0.15) is 24.0 Å². The van der Waals surface area contributed by atoms with Crippen LogP contribution in [0.25, 0.3) is 11.2 Å². The fraction of sp³-hybridized carbons (Fsp3) is 0.500. The minimum Gasteiger partial charge on any atom is -1.00 e. The quantitative estimate of drug-likeness (QED) is 0.346. The number of fused-ring (bicyclic) bond motifs is 1. The summed E-state index contributed by atoms with van der Waals surface area (Å²) in [5.41, 5.74) is -1.36. The summed E-state index contributed by atoms with van der Waals surface area (Å²) in [5.74, 6) is 0. The molecule has 1 aliphatic heterocycles. The van der Waals surface area contributed by atoms with Crippen molar-refractivity contribution in [1.29, 1.82) is 0 Å². The van der Waals surface area contributed by atoms with Gasteiger partial charge in [-0.15, -0.1) is 0 Å². The molecule has 1 saturated heterocycles. The maximum atomic E-state index is 11.6. The van der Waals surface area contributed by atoms with Crippen LogP contribution in [0.15, 0.2) is 15.9 Å². The molecule has 3 rings (SSSR count). The first-order chi connectivity index (χ1) is 9.52. The van der Waals surface area contributed by atoms with E-state index in [1.807, 2.05) is 4.98 Å². The smallest absolute Gasteiger partial charge is 1.00 e. The monoisotopic (exact) mass is 308 g/mol. The van der Waals surface area contributed by atoms with E-state index in [4.69, 9.17) is 9.84 Å². The molecule has 11 heteroatoms. The summed E-state index contributed by atoms with van der Waals surface area (Å²) in [5, 5.41) is 28.7. The van der Waals surface area contributed by atoms with Crippen LogP contribution in [-0.4, -0.2) is 59.8 Å². The van der Waals surface area contributed by atoms with Crippen molar-refractivity contribution < 1.29 is 51.0 Å². The standard InChI is InChI=1S/C10H12N4O6.Na.H/c15-1-3-5(16)6(17)9(20-3)14-2-11-4-7(14)12-10(19)13-8(4)18;;/h2-3,5-6,9,15-17H,1H2,(H2,12,13,18,19);;/q;+1;-1/t3-,5-,6-,9-;;/m1../s1. The number of rotatable bonds is 2. The van der Waals surface area contributed by atoms with E-state index in [0.29, 0.717) is 0 Å². The molecule has 0 aromatic carbocycles. The Morgan fingerprint density at radius 3 is 2.67 bits per heavy atom. The Morgan fingerprint density at radius 1 is 1.33 bits per heavy atom. The van der Waals surface area contributed by atoms with Crippen LogP contribution in [-0.2, 0) is 4.74 Å². The Morgan fingerprint density at radius 2 is 2.05 bits per heavy atom. The van der Waals surface area contributed by atoms with Gasteiger partial charge in [-0.25, -0.2) is 9.78 Å². The van der Waals surface area contributed by atoms with Crippen molar-refractivity contribution in [2.75, 3.05) is 6.61 Å². The molecule has 0 spiro atoms. The fourth-order valence-corrected chi connectivity index (χ4v) is 2.25. The van der Waals surface area contributed by atoms with E-state index in [0.717, 1.165) is 0 Å². The Balaban J connectivity index is 0.00000121. The number of hydrogen-bond donors (Lipinski definition) is 5. The van der Waals surface area contributed by atoms with Crippen LogP contribution in [0.2, 0.25) is 0 Å². The minimum atomic E-state index is -1.33. The SMILES string of the molecule is O=c1[nH]c(=O)c2ncn([C@@H]3O[C@H](CO)[C@@H](O)[C@H]3O)c2[nH]1.[H-].[Na+]. The summed E-state index contributed by atoms with van der Waals surface area (Å²) in [6.07, 6.45) is -3.43. The van der Waals surface area contributed by atoms with Gasteiger partial charge < -0.3 is 21.5 Å². The normalized spacial score (nSPS) is 28.7. The third kappa shape index (κ3) is 2.59. The van der Waals surface area contributed by atoms with E-state index in [2.05, 4.69) is 9.97 Å². The van der Waals surface area contributed by atoms with Crippen LogP contribution in [0.5, 0.6) is 0 Å². The second-order valence-corrected chi connectivity index (χ2v) is 4.49. The van der Waals surface area contributed by atoms with Gasteiger partial charge in [-0.05, 0) is 0 Å². The minimum absolute atomic E-state index is 0. The fourth-order valence-electron chi connectivity index (χ4n) is 2.25. The van der Waals surface area contributed by atoms with Gasteiger partial charge in [0.2, 0.25) is 0 Å². The molecule has 0 radical (unpaired) electrons. The van der Waals surface area contributed by atoms with E-state index in [1.54, 1.807) is 0 Å². The summed E-state index contributed by atoms with van der Waals surface area (Å²) < 4.78 is 6.54. The molecule has 2 aromatic heterocycles. The number of nitrogens with zero attached hydrogens (tertiary/aromatic N) is 2. The van der Waals surface area contributed by atoms with Gasteiger partial charge in [-0.1, -0.05) is 0 Å². The van der Waals surface area contributed by atoms with E-state index in [-0.39, 0.29) is 42.1 Å². The third-order valence-corrected chi connectivity index (χ3v) is 3.26. The zero-order chi connectivity index (χ0) is 14.4. The summed E-state index contributed by atoms with van der Waals surface area (Å²) in [6.45, 7) is -0.474. The van der Waals surface area contributed by atoms with Gasteiger partial charge >= 0.3 is 35.2 Å². The molecule has 5 N–H and O–H groups in total. The molecule has 10 nitrogen and oxygen atoms in total. The second kappa shape index (κ2) is 6.01. The molecule has 0 amide bonds. The van der Waals surface area contributed by atoms with Crippen molar-refractivity contribution in [1.82, 2.24) is 19.5 Å². The molecule has 110 valence electrons. The van der Waals surface area contributed by atoms with Crippen LogP contribution < -0.4 is 40.8 Å². The number of H-pyrrole nitrogens is 2. The van der Waals surface area contributed by atoms with Crippen LogP contribution in [0.3, 0.4) is 0 Å². The van der Waals surface area contributed by atoms with Gasteiger partial charge in [0.15, 0.2) is 11.7 Å². The first-order valence-corrected chi connectivity index (χ1v) is 5.84. The summed E-state index contributed by atoms with van der Waals surface area (Å²) >= 11 is 0. The Hall–Kier alpha value is -1.01. The number of nitrogens with one attached hydrogen (secondary N) is 2. The number of ether oxygens (including phenoxy) is 1. The van der Waals surface area contributed by atoms with Crippen LogP contribution in [0.1, 0.15) is 7.65 Å². The molecule has 2 aromatic rings. The predicted octanol–water partition coefficient (Wildman–Crippen LogP) is -5.86. The Bertz CT molecular complexity index is 760. The van der Waals surface area contributed by atoms with E-state index >= 15 is 0 Å². The third-order valence-electron chi connectivity index (χ3n) is 3.26. The topological polar surface area (TPSA) is 153 Å². The molecule has 0 saturated carbocycles.